The third-order valence-corrected chi connectivity index (χ3v) is 9.33. The van der Waals surface area contributed by atoms with Crippen molar-refractivity contribution in [2.24, 2.45) is 0 Å². The quantitative estimate of drug-likeness (QED) is 0.186. The molecule has 0 bridgehead atoms. The maximum absolute atomic E-state index is 14.8. The topological polar surface area (TPSA) is 64.4 Å². The lowest BCUT2D eigenvalue weighted by Gasteiger charge is -2.36. The second-order valence-corrected chi connectivity index (χ2v) is 12.8. The number of benzene rings is 2. The van der Waals surface area contributed by atoms with Crippen molar-refractivity contribution < 1.29 is 9.53 Å². The molecule has 1 saturated heterocycles. The zero-order valence-electron chi connectivity index (χ0n) is 26.2. The zero-order valence-corrected chi connectivity index (χ0v) is 27.7. The van der Waals surface area contributed by atoms with E-state index in [4.69, 9.17) is 21.3 Å². The Bertz CT molecular complexity index is 1710. The summed E-state index contributed by atoms with van der Waals surface area (Å²) in [5.41, 5.74) is 6.97. The molecule has 44 heavy (non-hydrogen) atoms. The Morgan fingerprint density at radius 3 is 2.43 bits per heavy atom. The molecule has 8 heteroatoms. The van der Waals surface area contributed by atoms with E-state index in [0.717, 1.165) is 65.7 Å². The van der Waals surface area contributed by atoms with Crippen molar-refractivity contribution in [1.82, 2.24) is 14.5 Å². The molecule has 1 aliphatic rings. The minimum Gasteiger partial charge on any atom is -0.383 e. The number of aromatic nitrogens is 2. The molecule has 1 amide bonds. The van der Waals surface area contributed by atoms with Crippen LogP contribution in [0.25, 0.3) is 33.6 Å². The van der Waals surface area contributed by atoms with Gasteiger partial charge >= 0.3 is 0 Å². The van der Waals surface area contributed by atoms with Crippen molar-refractivity contribution in [3.05, 3.63) is 97.2 Å². The number of thiazole rings is 1. The van der Waals surface area contributed by atoms with Crippen molar-refractivity contribution in [2.75, 3.05) is 20.3 Å². The average Bonchev–Trinajstić information content (AvgIpc) is 3.51. The highest BCUT2D eigenvalue weighted by Gasteiger charge is 2.31. The van der Waals surface area contributed by atoms with Gasteiger partial charge in [-0.1, -0.05) is 61.4 Å². The molecule has 1 unspecified atom stereocenters. The molecule has 5 rings (SSSR count). The number of pyridine rings is 1. The molecule has 0 aliphatic carbocycles. The lowest BCUT2D eigenvalue weighted by Crippen LogP contribution is -2.46. The van der Waals surface area contributed by atoms with E-state index in [1.165, 1.54) is 11.3 Å². The molecular formula is C36H40ClN3O3S. The van der Waals surface area contributed by atoms with Gasteiger partial charge in [0.15, 0.2) is 0 Å². The van der Waals surface area contributed by atoms with Gasteiger partial charge in [-0.25, -0.2) is 4.98 Å². The molecule has 1 atom stereocenters. The smallest absolute Gasteiger partial charge is 0.265 e. The van der Waals surface area contributed by atoms with Crippen LogP contribution in [0, 0.1) is 0 Å². The number of aryl methyl sites for hydroxylation is 2. The molecule has 3 heterocycles. The number of halogens is 1. The number of carbonyl (C=O) groups excluding carboxylic acids is 1. The zero-order chi connectivity index (χ0) is 31.4. The number of hydrogen-bond donors (Lipinski definition) is 0. The fourth-order valence-electron chi connectivity index (χ4n) is 6.03. The standard InChI is InChI=1S/C36H40ClN3O3S/c1-6-24-11-10-12-25(7-2)33(24)40-32(19-23(3)4)29(35(41)39-18-9-8-13-28(39)21-43-5)20-30(36(40)42)34-38-31(22-44-34)26-14-16-27(37)17-15-26/h10-12,14-17,19-20,22,28H,6-9,13,18,21H2,1-5H3. The van der Waals surface area contributed by atoms with E-state index in [9.17, 15) is 9.59 Å². The maximum Gasteiger partial charge on any atom is 0.265 e. The molecule has 0 spiro atoms. The van der Waals surface area contributed by atoms with Crippen LogP contribution in [0.4, 0.5) is 0 Å². The molecule has 0 saturated carbocycles. The fraction of sp³-hybridized carbons (Fsp3) is 0.361. The third-order valence-electron chi connectivity index (χ3n) is 8.21. The Balaban J connectivity index is 1.82. The number of methoxy groups -OCH3 is 1. The van der Waals surface area contributed by atoms with E-state index in [1.54, 1.807) is 17.7 Å². The number of rotatable bonds is 9. The van der Waals surface area contributed by atoms with Gasteiger partial charge in [0.2, 0.25) is 0 Å². The number of hydrogen-bond acceptors (Lipinski definition) is 5. The summed E-state index contributed by atoms with van der Waals surface area (Å²) in [4.78, 5) is 36.2. The first-order valence-electron chi connectivity index (χ1n) is 15.3. The van der Waals surface area contributed by atoms with Crippen LogP contribution in [-0.4, -0.2) is 46.7 Å². The van der Waals surface area contributed by atoms with Crippen LogP contribution in [0.1, 0.15) is 74.1 Å². The first-order valence-corrected chi connectivity index (χ1v) is 16.6. The van der Waals surface area contributed by atoms with Gasteiger partial charge in [0.25, 0.3) is 11.5 Å². The highest BCUT2D eigenvalue weighted by Crippen LogP contribution is 2.33. The predicted octanol–water partition coefficient (Wildman–Crippen LogP) is 8.47. The van der Waals surface area contributed by atoms with Gasteiger partial charge in [0, 0.05) is 29.6 Å². The predicted molar refractivity (Wildman–Crippen MR) is 182 cm³/mol. The van der Waals surface area contributed by atoms with E-state index in [2.05, 4.69) is 26.0 Å². The van der Waals surface area contributed by atoms with Gasteiger partial charge < -0.3 is 9.64 Å². The summed E-state index contributed by atoms with van der Waals surface area (Å²) < 4.78 is 7.32. The lowest BCUT2D eigenvalue weighted by molar-refractivity contribution is 0.0427. The minimum atomic E-state index is -0.186. The SMILES string of the molecule is CCc1cccc(CC)c1-n1c(C=C(C)C)c(C(=O)N2CCCCC2COC)cc(-c2nc(-c3ccc(Cl)cc3)cs2)c1=O. The highest BCUT2D eigenvalue weighted by molar-refractivity contribution is 7.13. The van der Waals surface area contributed by atoms with Crippen molar-refractivity contribution in [3.8, 4) is 27.5 Å². The molecule has 1 aliphatic heterocycles. The summed E-state index contributed by atoms with van der Waals surface area (Å²) in [5.74, 6) is -0.0873. The first-order chi connectivity index (χ1) is 21.3. The van der Waals surface area contributed by atoms with Gasteiger partial charge in [-0.2, -0.15) is 0 Å². The Morgan fingerprint density at radius 2 is 1.80 bits per heavy atom. The number of para-hydroxylation sites is 1. The normalized spacial score (nSPS) is 15.0. The number of amides is 1. The van der Waals surface area contributed by atoms with Crippen LogP contribution in [0.15, 0.2) is 64.3 Å². The van der Waals surface area contributed by atoms with Crippen LogP contribution in [0.3, 0.4) is 0 Å². The monoisotopic (exact) mass is 629 g/mol. The summed E-state index contributed by atoms with van der Waals surface area (Å²) >= 11 is 7.53. The number of nitrogens with zero attached hydrogens (tertiary/aromatic N) is 3. The van der Waals surface area contributed by atoms with Gasteiger partial charge in [-0.3, -0.25) is 14.2 Å². The molecule has 2 aromatic carbocycles. The van der Waals surface area contributed by atoms with E-state index in [1.807, 2.05) is 60.5 Å². The number of ether oxygens (including phenoxy) is 1. The fourth-order valence-corrected chi connectivity index (χ4v) is 7.00. The summed E-state index contributed by atoms with van der Waals surface area (Å²) in [5, 5.41) is 3.17. The highest BCUT2D eigenvalue weighted by atomic mass is 35.5. The molecule has 0 N–H and O–H groups in total. The van der Waals surface area contributed by atoms with Crippen LogP contribution >= 0.6 is 22.9 Å². The molecular weight excluding hydrogens is 590 g/mol. The summed E-state index contributed by atoms with van der Waals surface area (Å²) in [6, 6.07) is 15.5. The maximum atomic E-state index is 14.8. The van der Waals surface area contributed by atoms with Gasteiger partial charge in [0.1, 0.15) is 5.01 Å². The largest absolute Gasteiger partial charge is 0.383 e. The van der Waals surface area contributed by atoms with Crippen LogP contribution in [0.2, 0.25) is 5.02 Å². The van der Waals surface area contributed by atoms with Crippen LogP contribution < -0.4 is 5.56 Å². The molecule has 6 nitrogen and oxygen atoms in total. The van der Waals surface area contributed by atoms with Gasteiger partial charge in [-0.15, -0.1) is 11.3 Å². The molecule has 0 radical (unpaired) electrons. The van der Waals surface area contributed by atoms with Crippen LogP contribution in [0.5, 0.6) is 0 Å². The number of likely N-dealkylation sites (tertiary alicyclic amines) is 1. The van der Waals surface area contributed by atoms with E-state index in [0.29, 0.717) is 40.0 Å². The van der Waals surface area contributed by atoms with E-state index < -0.39 is 0 Å². The van der Waals surface area contributed by atoms with E-state index >= 15 is 0 Å². The van der Waals surface area contributed by atoms with Gasteiger partial charge in [-0.05, 0) is 81.4 Å². The number of piperidine rings is 1. The number of carbonyl (C=O) groups is 1. The Morgan fingerprint density at radius 1 is 1.09 bits per heavy atom. The second kappa shape index (κ2) is 14.1. The number of allylic oxidation sites excluding steroid dienone is 1. The minimum absolute atomic E-state index is 0.0184. The molecule has 230 valence electrons. The Labute approximate surface area is 269 Å². The van der Waals surface area contributed by atoms with Crippen molar-refractivity contribution in [3.63, 3.8) is 0 Å². The van der Waals surface area contributed by atoms with Crippen LogP contribution in [-0.2, 0) is 17.6 Å². The molecule has 1 fully saturated rings. The molecule has 2 aromatic heterocycles. The van der Waals surface area contributed by atoms with Crippen molar-refractivity contribution in [1.29, 1.82) is 0 Å². The lowest BCUT2D eigenvalue weighted by atomic mass is 9.98. The Kier molecular flexibility index (Phi) is 10.2. The van der Waals surface area contributed by atoms with Crippen molar-refractivity contribution in [2.45, 2.75) is 65.8 Å². The van der Waals surface area contributed by atoms with Crippen molar-refractivity contribution >= 4 is 34.9 Å². The molecule has 4 aromatic rings. The summed E-state index contributed by atoms with van der Waals surface area (Å²) in [6.45, 7) is 9.32. The third kappa shape index (κ3) is 6.46. The summed E-state index contributed by atoms with van der Waals surface area (Å²) in [7, 11) is 1.68. The first kappa shape index (κ1) is 31.9. The van der Waals surface area contributed by atoms with E-state index in [-0.39, 0.29) is 17.5 Å². The Hall–Kier alpha value is -3.52. The second-order valence-electron chi connectivity index (χ2n) is 11.5. The van der Waals surface area contributed by atoms with Gasteiger partial charge in [0.05, 0.1) is 40.9 Å². The summed E-state index contributed by atoms with van der Waals surface area (Å²) in [6.07, 6.45) is 6.35. The average molecular weight is 630 g/mol.